The van der Waals surface area contributed by atoms with Crippen LogP contribution in [0.4, 0.5) is 0 Å². The Balaban J connectivity index is 1.72. The first-order chi connectivity index (χ1) is 11.2. The third kappa shape index (κ3) is 3.19. The van der Waals surface area contributed by atoms with Crippen LogP contribution in [0.15, 0.2) is 59.6 Å². The molecule has 0 saturated heterocycles. The summed E-state index contributed by atoms with van der Waals surface area (Å²) in [6, 6.07) is 15.3. The molecule has 0 unspecified atom stereocenters. The normalized spacial score (nSPS) is 10.7. The van der Waals surface area contributed by atoms with Crippen LogP contribution in [-0.2, 0) is 0 Å². The van der Waals surface area contributed by atoms with Gasteiger partial charge in [-0.2, -0.15) is 0 Å². The Labute approximate surface area is 139 Å². The highest BCUT2D eigenvalue weighted by molar-refractivity contribution is 7.99. The van der Waals surface area contributed by atoms with Crippen LogP contribution in [0, 0.1) is 0 Å². The van der Waals surface area contributed by atoms with Gasteiger partial charge in [0.25, 0.3) is 5.91 Å². The number of aromatic nitrogens is 1. The van der Waals surface area contributed by atoms with Crippen molar-refractivity contribution in [3.8, 4) is 5.75 Å². The molecule has 23 heavy (non-hydrogen) atoms. The van der Waals surface area contributed by atoms with E-state index in [1.807, 2.05) is 55.7 Å². The van der Waals surface area contributed by atoms with Crippen molar-refractivity contribution < 1.29 is 9.53 Å². The number of aromatic amines is 1. The maximum absolute atomic E-state index is 12.4. The van der Waals surface area contributed by atoms with Crippen LogP contribution in [0.2, 0.25) is 0 Å². The number of benzene rings is 2. The molecule has 5 heteroatoms. The second-order valence-electron chi connectivity index (χ2n) is 5.18. The van der Waals surface area contributed by atoms with E-state index < -0.39 is 0 Å². The van der Waals surface area contributed by atoms with E-state index in [0.717, 1.165) is 21.5 Å². The molecular formula is C18H18N2O2S. The van der Waals surface area contributed by atoms with Gasteiger partial charge in [-0.3, -0.25) is 4.79 Å². The molecule has 0 aliphatic heterocycles. The maximum atomic E-state index is 12.4. The van der Waals surface area contributed by atoms with Crippen molar-refractivity contribution >= 4 is 28.6 Å². The zero-order chi connectivity index (χ0) is 16.2. The van der Waals surface area contributed by atoms with Gasteiger partial charge in [0.15, 0.2) is 0 Å². The van der Waals surface area contributed by atoms with Gasteiger partial charge in [-0.05, 0) is 18.2 Å². The Hall–Kier alpha value is -2.40. The number of rotatable bonds is 5. The minimum atomic E-state index is 0.0236. The Morgan fingerprint density at radius 2 is 1.96 bits per heavy atom. The maximum Gasteiger partial charge on any atom is 0.254 e. The van der Waals surface area contributed by atoms with Gasteiger partial charge in [0.05, 0.1) is 18.5 Å². The summed E-state index contributed by atoms with van der Waals surface area (Å²) < 4.78 is 5.36. The molecule has 1 amide bonds. The lowest BCUT2D eigenvalue weighted by molar-refractivity contribution is 0.0820. The summed E-state index contributed by atoms with van der Waals surface area (Å²) in [5.74, 6) is 1.43. The van der Waals surface area contributed by atoms with Crippen molar-refractivity contribution in [1.29, 1.82) is 0 Å². The number of nitrogens with one attached hydrogen (secondary N) is 1. The number of carbonyl (C=O) groups excluding carboxylic acids is 1. The van der Waals surface area contributed by atoms with Crippen molar-refractivity contribution in [1.82, 2.24) is 9.88 Å². The van der Waals surface area contributed by atoms with Crippen molar-refractivity contribution in [3.05, 3.63) is 60.3 Å². The summed E-state index contributed by atoms with van der Waals surface area (Å²) in [4.78, 5) is 18.4. The topological polar surface area (TPSA) is 45.3 Å². The number of hydrogen-bond acceptors (Lipinski definition) is 3. The first-order valence-electron chi connectivity index (χ1n) is 7.28. The van der Waals surface area contributed by atoms with E-state index in [0.29, 0.717) is 11.4 Å². The molecule has 0 bridgehead atoms. The number of ether oxygens (including phenoxy) is 1. The highest BCUT2D eigenvalue weighted by atomic mass is 32.2. The van der Waals surface area contributed by atoms with Crippen LogP contribution >= 0.6 is 11.8 Å². The molecule has 0 fully saturated rings. The van der Waals surface area contributed by atoms with Crippen LogP contribution in [0.25, 0.3) is 10.9 Å². The van der Waals surface area contributed by atoms with Crippen molar-refractivity contribution in [3.63, 3.8) is 0 Å². The van der Waals surface area contributed by atoms with E-state index in [1.54, 1.807) is 23.8 Å². The van der Waals surface area contributed by atoms with Crippen LogP contribution in [-0.4, -0.2) is 35.8 Å². The average Bonchev–Trinajstić information content (AvgIpc) is 3.03. The van der Waals surface area contributed by atoms with E-state index in [4.69, 9.17) is 4.74 Å². The van der Waals surface area contributed by atoms with Crippen molar-refractivity contribution in [2.45, 2.75) is 4.90 Å². The first-order valence-corrected chi connectivity index (χ1v) is 8.26. The number of thioether (sulfide) groups is 1. The smallest absolute Gasteiger partial charge is 0.254 e. The quantitative estimate of drug-likeness (QED) is 0.569. The molecule has 0 aliphatic carbocycles. The van der Waals surface area contributed by atoms with Crippen LogP contribution in [0.1, 0.15) is 10.4 Å². The monoisotopic (exact) mass is 326 g/mol. The van der Waals surface area contributed by atoms with E-state index in [9.17, 15) is 4.79 Å². The second-order valence-corrected chi connectivity index (χ2v) is 6.17. The zero-order valence-corrected chi connectivity index (χ0v) is 13.9. The van der Waals surface area contributed by atoms with Crippen molar-refractivity contribution in [2.24, 2.45) is 0 Å². The van der Waals surface area contributed by atoms with Gasteiger partial charge in [-0.25, -0.2) is 0 Å². The Morgan fingerprint density at radius 3 is 2.70 bits per heavy atom. The molecule has 1 heterocycles. The van der Waals surface area contributed by atoms with E-state index in [1.165, 1.54) is 0 Å². The molecule has 0 saturated carbocycles. The number of para-hydroxylation sites is 1. The minimum absolute atomic E-state index is 0.0236. The number of fused-ring (bicyclic) bond motifs is 1. The standard InChI is InChI=1S/C18H18N2O2S/c1-20(18(21)13-7-4-3-5-8-13)12-23-16-11-19-17-14(16)9-6-10-15(17)22-2/h3-11,19H,12H2,1-2H3. The number of nitrogens with zero attached hydrogens (tertiary/aromatic N) is 1. The Bertz CT molecular complexity index is 814. The molecule has 0 spiro atoms. The van der Waals surface area contributed by atoms with E-state index >= 15 is 0 Å². The molecule has 3 rings (SSSR count). The lowest BCUT2D eigenvalue weighted by Crippen LogP contribution is -2.26. The molecule has 3 aromatic rings. The lowest BCUT2D eigenvalue weighted by Gasteiger charge is -2.16. The fraction of sp³-hybridized carbons (Fsp3) is 0.167. The average molecular weight is 326 g/mol. The molecule has 1 N–H and O–H groups in total. The van der Waals surface area contributed by atoms with E-state index in [2.05, 4.69) is 11.1 Å². The number of H-pyrrole nitrogens is 1. The highest BCUT2D eigenvalue weighted by Gasteiger charge is 2.13. The van der Waals surface area contributed by atoms with Gasteiger partial charge in [0, 0.05) is 29.1 Å². The third-order valence-corrected chi connectivity index (χ3v) is 4.81. The van der Waals surface area contributed by atoms with Gasteiger partial charge < -0.3 is 14.6 Å². The fourth-order valence-corrected chi connectivity index (χ4v) is 3.33. The predicted molar refractivity (Wildman–Crippen MR) is 94.1 cm³/mol. The molecule has 0 aliphatic rings. The summed E-state index contributed by atoms with van der Waals surface area (Å²) >= 11 is 1.63. The summed E-state index contributed by atoms with van der Waals surface area (Å²) in [6.07, 6.45) is 1.96. The summed E-state index contributed by atoms with van der Waals surface area (Å²) in [5, 5.41) is 1.11. The lowest BCUT2D eigenvalue weighted by atomic mass is 10.2. The number of hydrogen-bond donors (Lipinski definition) is 1. The molecule has 0 radical (unpaired) electrons. The van der Waals surface area contributed by atoms with Gasteiger partial charge in [0.2, 0.25) is 0 Å². The molecule has 1 aromatic heterocycles. The second kappa shape index (κ2) is 6.79. The largest absolute Gasteiger partial charge is 0.495 e. The predicted octanol–water partition coefficient (Wildman–Crippen LogP) is 4.00. The Morgan fingerprint density at radius 1 is 1.17 bits per heavy atom. The summed E-state index contributed by atoms with van der Waals surface area (Å²) in [6.45, 7) is 0. The van der Waals surface area contributed by atoms with Crippen LogP contribution < -0.4 is 4.74 Å². The van der Waals surface area contributed by atoms with Gasteiger partial charge >= 0.3 is 0 Å². The number of methoxy groups -OCH3 is 1. The summed E-state index contributed by atoms with van der Waals surface area (Å²) in [5.41, 5.74) is 1.69. The highest BCUT2D eigenvalue weighted by Crippen LogP contribution is 2.33. The van der Waals surface area contributed by atoms with E-state index in [-0.39, 0.29) is 5.91 Å². The van der Waals surface area contributed by atoms with Gasteiger partial charge in [-0.15, -0.1) is 11.8 Å². The zero-order valence-electron chi connectivity index (χ0n) is 13.1. The molecule has 2 aromatic carbocycles. The van der Waals surface area contributed by atoms with Crippen molar-refractivity contribution in [2.75, 3.05) is 20.0 Å². The van der Waals surface area contributed by atoms with Crippen LogP contribution in [0.3, 0.4) is 0 Å². The number of amides is 1. The molecule has 0 atom stereocenters. The molecule has 4 nitrogen and oxygen atoms in total. The number of carbonyl (C=O) groups is 1. The van der Waals surface area contributed by atoms with Crippen LogP contribution in [0.5, 0.6) is 5.75 Å². The minimum Gasteiger partial charge on any atom is -0.495 e. The van der Waals surface area contributed by atoms with Gasteiger partial charge in [-0.1, -0.05) is 30.3 Å². The van der Waals surface area contributed by atoms with Gasteiger partial charge in [0.1, 0.15) is 5.75 Å². The fourth-order valence-electron chi connectivity index (χ4n) is 2.42. The first kappa shape index (κ1) is 15.5. The SMILES string of the molecule is COc1cccc2c(SCN(C)C(=O)c3ccccc3)c[nH]c12. The molecule has 118 valence electrons. The third-order valence-electron chi connectivity index (χ3n) is 3.64. The summed E-state index contributed by atoms with van der Waals surface area (Å²) in [7, 11) is 3.48. The Kier molecular flexibility index (Phi) is 4.57. The molecular weight excluding hydrogens is 308 g/mol.